The molecule has 2 amide bonds. The molecule has 0 aliphatic carbocycles. The van der Waals surface area contributed by atoms with Crippen LogP contribution in [0.3, 0.4) is 0 Å². The summed E-state index contributed by atoms with van der Waals surface area (Å²) in [6, 6.07) is 24.9. The van der Waals surface area contributed by atoms with Gasteiger partial charge in [0.1, 0.15) is 5.75 Å². The molecule has 0 radical (unpaired) electrons. The number of rotatable bonds is 11. The Kier molecular flexibility index (Phi) is 8.88. The largest absolute Gasteiger partial charge is 0.493 e. The zero-order valence-electron chi connectivity index (χ0n) is 19.1. The van der Waals surface area contributed by atoms with Gasteiger partial charge < -0.3 is 20.7 Å². The summed E-state index contributed by atoms with van der Waals surface area (Å²) < 4.78 is 5.84. The molecule has 6 nitrogen and oxygen atoms in total. The molecule has 0 aromatic heterocycles. The number of anilines is 3. The van der Waals surface area contributed by atoms with Crippen molar-refractivity contribution in [3.8, 4) is 5.75 Å². The van der Waals surface area contributed by atoms with E-state index in [1.165, 1.54) is 5.56 Å². The minimum Gasteiger partial charge on any atom is -0.493 e. The topological polar surface area (TPSA) is 79.5 Å². The van der Waals surface area contributed by atoms with Gasteiger partial charge in [-0.25, -0.2) is 0 Å². The van der Waals surface area contributed by atoms with Gasteiger partial charge in [0, 0.05) is 36.0 Å². The van der Waals surface area contributed by atoms with Gasteiger partial charge in [-0.1, -0.05) is 50.2 Å². The molecule has 0 aliphatic heterocycles. The third-order valence-electron chi connectivity index (χ3n) is 4.84. The highest BCUT2D eigenvalue weighted by Gasteiger charge is 2.07. The van der Waals surface area contributed by atoms with E-state index in [0.717, 1.165) is 17.9 Å². The first-order valence-corrected chi connectivity index (χ1v) is 11.2. The van der Waals surface area contributed by atoms with Crippen molar-refractivity contribution in [3.63, 3.8) is 0 Å². The molecule has 0 bridgehead atoms. The monoisotopic (exact) mass is 445 g/mol. The fourth-order valence-corrected chi connectivity index (χ4v) is 3.23. The quantitative estimate of drug-likeness (QED) is 0.372. The zero-order chi connectivity index (χ0) is 23.5. The molecule has 0 fully saturated rings. The Balaban J connectivity index is 1.42. The number of hydrogen-bond acceptors (Lipinski definition) is 4. The van der Waals surface area contributed by atoms with Crippen LogP contribution in [0.1, 0.15) is 25.8 Å². The summed E-state index contributed by atoms with van der Waals surface area (Å²) in [6.07, 6.45) is 1.31. The van der Waals surface area contributed by atoms with Gasteiger partial charge in [0.25, 0.3) is 0 Å². The predicted octanol–water partition coefficient (Wildman–Crippen LogP) is 5.34. The van der Waals surface area contributed by atoms with Gasteiger partial charge in [0.2, 0.25) is 11.8 Å². The minimum atomic E-state index is -0.165. The van der Waals surface area contributed by atoms with Crippen molar-refractivity contribution in [1.82, 2.24) is 0 Å². The molecule has 6 heteroatoms. The molecule has 3 aromatic carbocycles. The summed E-state index contributed by atoms with van der Waals surface area (Å²) in [4.78, 5) is 24.2. The molecule has 0 aliphatic rings. The normalized spacial score (nSPS) is 10.5. The van der Waals surface area contributed by atoms with Gasteiger partial charge >= 0.3 is 0 Å². The summed E-state index contributed by atoms with van der Waals surface area (Å²) in [5.74, 6) is 0.878. The second-order valence-electron chi connectivity index (χ2n) is 8.24. The first-order valence-electron chi connectivity index (χ1n) is 11.2. The Labute approximate surface area is 195 Å². The van der Waals surface area contributed by atoms with Crippen molar-refractivity contribution in [2.75, 3.05) is 29.1 Å². The molecule has 0 heterocycles. The fraction of sp³-hybridized carbons (Fsp3) is 0.259. The first-order chi connectivity index (χ1) is 16.0. The standard InChI is InChI=1S/C27H31N3O3/c1-20(2)17-26(31)29-22-11-13-23(14-12-22)30-27(32)19-28-24-9-6-10-25(18-24)33-16-15-21-7-4-3-5-8-21/h3-14,18,20,28H,15-17,19H2,1-2H3,(H,29,31)(H,30,32). The maximum absolute atomic E-state index is 12.3. The van der Waals surface area contributed by atoms with Gasteiger partial charge in [0.15, 0.2) is 0 Å². The molecular weight excluding hydrogens is 414 g/mol. The molecule has 0 unspecified atom stereocenters. The van der Waals surface area contributed by atoms with E-state index in [4.69, 9.17) is 4.74 Å². The van der Waals surface area contributed by atoms with Crippen LogP contribution in [-0.2, 0) is 16.0 Å². The SMILES string of the molecule is CC(C)CC(=O)Nc1ccc(NC(=O)CNc2cccc(OCCc3ccccc3)c2)cc1. The maximum Gasteiger partial charge on any atom is 0.243 e. The molecule has 33 heavy (non-hydrogen) atoms. The fourth-order valence-electron chi connectivity index (χ4n) is 3.23. The molecular formula is C27H31N3O3. The zero-order valence-corrected chi connectivity index (χ0v) is 19.1. The second kappa shape index (κ2) is 12.3. The van der Waals surface area contributed by atoms with Gasteiger partial charge in [0.05, 0.1) is 13.2 Å². The van der Waals surface area contributed by atoms with E-state index in [1.807, 2.05) is 56.3 Å². The van der Waals surface area contributed by atoms with Crippen LogP contribution in [0, 0.1) is 5.92 Å². The van der Waals surface area contributed by atoms with Crippen LogP contribution in [0.5, 0.6) is 5.75 Å². The van der Waals surface area contributed by atoms with E-state index < -0.39 is 0 Å². The van der Waals surface area contributed by atoms with Gasteiger partial charge in [-0.15, -0.1) is 0 Å². The van der Waals surface area contributed by atoms with Crippen molar-refractivity contribution >= 4 is 28.9 Å². The van der Waals surface area contributed by atoms with Crippen molar-refractivity contribution < 1.29 is 14.3 Å². The van der Waals surface area contributed by atoms with Crippen LogP contribution >= 0.6 is 0 Å². The Hall–Kier alpha value is -3.80. The Morgan fingerprint density at radius 1 is 0.788 bits per heavy atom. The smallest absolute Gasteiger partial charge is 0.243 e. The Morgan fingerprint density at radius 2 is 1.45 bits per heavy atom. The predicted molar refractivity (Wildman–Crippen MR) is 134 cm³/mol. The number of hydrogen-bond donors (Lipinski definition) is 3. The number of carbonyl (C=O) groups is 2. The summed E-state index contributed by atoms with van der Waals surface area (Å²) in [5.41, 5.74) is 3.42. The number of benzene rings is 3. The highest BCUT2D eigenvalue weighted by molar-refractivity contribution is 5.94. The van der Waals surface area contributed by atoms with Crippen LogP contribution in [0.15, 0.2) is 78.9 Å². The lowest BCUT2D eigenvalue weighted by Crippen LogP contribution is -2.21. The number of nitrogens with one attached hydrogen (secondary N) is 3. The molecule has 0 atom stereocenters. The average Bonchev–Trinajstić information content (AvgIpc) is 2.79. The van der Waals surface area contributed by atoms with Gasteiger partial charge in [-0.05, 0) is 47.9 Å². The van der Waals surface area contributed by atoms with Crippen molar-refractivity contribution in [3.05, 3.63) is 84.4 Å². The molecule has 172 valence electrons. The van der Waals surface area contributed by atoms with Crippen LogP contribution < -0.4 is 20.7 Å². The number of amides is 2. The van der Waals surface area contributed by atoms with Crippen LogP contribution in [0.2, 0.25) is 0 Å². The molecule has 0 saturated heterocycles. The third-order valence-corrected chi connectivity index (χ3v) is 4.84. The van der Waals surface area contributed by atoms with Crippen LogP contribution in [0.25, 0.3) is 0 Å². The lowest BCUT2D eigenvalue weighted by atomic mass is 10.1. The van der Waals surface area contributed by atoms with Crippen LogP contribution in [-0.4, -0.2) is 25.0 Å². The Morgan fingerprint density at radius 3 is 2.12 bits per heavy atom. The van der Waals surface area contributed by atoms with E-state index in [2.05, 4.69) is 28.1 Å². The first kappa shape index (κ1) is 23.9. The van der Waals surface area contributed by atoms with Gasteiger partial charge in [-0.2, -0.15) is 0 Å². The van der Waals surface area contributed by atoms with E-state index in [-0.39, 0.29) is 18.4 Å². The molecule has 3 rings (SSSR count). The summed E-state index contributed by atoms with van der Waals surface area (Å²) in [5, 5.41) is 8.82. The van der Waals surface area contributed by atoms with E-state index in [1.54, 1.807) is 24.3 Å². The number of ether oxygens (including phenoxy) is 1. The van der Waals surface area contributed by atoms with Crippen molar-refractivity contribution in [2.24, 2.45) is 5.92 Å². The maximum atomic E-state index is 12.3. The second-order valence-corrected chi connectivity index (χ2v) is 8.24. The van der Waals surface area contributed by atoms with E-state index in [0.29, 0.717) is 30.3 Å². The van der Waals surface area contributed by atoms with E-state index >= 15 is 0 Å². The van der Waals surface area contributed by atoms with Crippen molar-refractivity contribution in [1.29, 1.82) is 0 Å². The lowest BCUT2D eigenvalue weighted by molar-refractivity contribution is -0.117. The molecule has 0 spiro atoms. The molecule has 3 N–H and O–H groups in total. The lowest BCUT2D eigenvalue weighted by Gasteiger charge is -2.11. The summed E-state index contributed by atoms with van der Waals surface area (Å²) >= 11 is 0. The molecule has 3 aromatic rings. The van der Waals surface area contributed by atoms with E-state index in [9.17, 15) is 9.59 Å². The summed E-state index contributed by atoms with van der Waals surface area (Å²) in [6.45, 7) is 4.71. The van der Waals surface area contributed by atoms with Crippen molar-refractivity contribution in [2.45, 2.75) is 26.7 Å². The average molecular weight is 446 g/mol. The highest BCUT2D eigenvalue weighted by atomic mass is 16.5. The minimum absolute atomic E-state index is 0.0164. The van der Waals surface area contributed by atoms with Crippen LogP contribution in [0.4, 0.5) is 17.1 Å². The highest BCUT2D eigenvalue weighted by Crippen LogP contribution is 2.18. The van der Waals surface area contributed by atoms with Gasteiger partial charge in [-0.3, -0.25) is 9.59 Å². The third kappa shape index (κ3) is 8.69. The summed E-state index contributed by atoms with van der Waals surface area (Å²) in [7, 11) is 0. The Bertz CT molecular complexity index is 1030. The number of carbonyl (C=O) groups excluding carboxylic acids is 2. The molecule has 0 saturated carbocycles.